The van der Waals surface area contributed by atoms with E-state index in [-0.39, 0.29) is 23.3 Å². The molecule has 0 radical (unpaired) electrons. The summed E-state index contributed by atoms with van der Waals surface area (Å²) in [5.41, 5.74) is 0.860. The van der Waals surface area contributed by atoms with Crippen molar-refractivity contribution in [3.63, 3.8) is 0 Å². The summed E-state index contributed by atoms with van der Waals surface area (Å²) in [5.74, 6) is 1.71. The zero-order valence-electron chi connectivity index (χ0n) is 16.7. The number of piperidine rings is 1. The Morgan fingerprint density at radius 2 is 2.34 bits per heavy atom. The van der Waals surface area contributed by atoms with Gasteiger partial charge in [0.2, 0.25) is 5.91 Å². The van der Waals surface area contributed by atoms with E-state index in [1.165, 1.54) is 0 Å². The number of nitrogens with one attached hydrogen (secondary N) is 1. The average Bonchev–Trinajstić information content (AvgIpc) is 3.44. The van der Waals surface area contributed by atoms with E-state index in [2.05, 4.69) is 21.3 Å². The van der Waals surface area contributed by atoms with Gasteiger partial charge in [0, 0.05) is 42.2 Å². The minimum absolute atomic E-state index is 0.0992. The standard InChI is InChI=1S/C22H27N3O3S/c1-27-18-7-4-5-15-19(18)28-11-8-22(15)14-23-13-16(22)21(26)25-10-3-2-6-17(25)20-24-9-12-29-20/h4-5,7,9,12,16-17,23H,2-3,6,8,10-11,13-14H2,1H3. The summed E-state index contributed by atoms with van der Waals surface area (Å²) in [6, 6.07) is 6.16. The largest absolute Gasteiger partial charge is 0.493 e. The third kappa shape index (κ3) is 3.02. The van der Waals surface area contributed by atoms with Crippen LogP contribution in [0.2, 0.25) is 0 Å². The number of fused-ring (bicyclic) bond motifs is 2. The minimum Gasteiger partial charge on any atom is -0.493 e. The monoisotopic (exact) mass is 413 g/mol. The number of thiazole rings is 1. The third-order valence-corrected chi connectivity index (χ3v) is 7.68. The second-order valence-electron chi connectivity index (χ2n) is 8.19. The Morgan fingerprint density at radius 3 is 3.17 bits per heavy atom. The molecule has 3 unspecified atom stereocenters. The zero-order valence-corrected chi connectivity index (χ0v) is 17.5. The lowest BCUT2D eigenvalue weighted by Crippen LogP contribution is -2.50. The van der Waals surface area contributed by atoms with Crippen molar-refractivity contribution in [2.45, 2.75) is 37.1 Å². The number of likely N-dealkylation sites (tertiary alicyclic amines) is 1. The van der Waals surface area contributed by atoms with Crippen LogP contribution in [0.15, 0.2) is 29.8 Å². The highest BCUT2D eigenvalue weighted by Gasteiger charge is 2.53. The van der Waals surface area contributed by atoms with Crippen LogP contribution in [-0.2, 0) is 10.2 Å². The van der Waals surface area contributed by atoms with Gasteiger partial charge in [0.1, 0.15) is 5.01 Å². The molecule has 1 spiro atoms. The molecule has 1 aromatic heterocycles. The minimum atomic E-state index is -0.246. The van der Waals surface area contributed by atoms with Crippen LogP contribution >= 0.6 is 11.3 Å². The van der Waals surface area contributed by atoms with Crippen LogP contribution < -0.4 is 14.8 Å². The Kier molecular flexibility index (Phi) is 4.95. The van der Waals surface area contributed by atoms with Gasteiger partial charge in [0.25, 0.3) is 0 Å². The third-order valence-electron chi connectivity index (χ3n) is 6.81. The molecule has 2 saturated heterocycles. The zero-order chi connectivity index (χ0) is 19.8. The number of carbonyl (C=O) groups is 1. The summed E-state index contributed by atoms with van der Waals surface area (Å²) in [6.45, 7) is 2.92. The molecule has 29 heavy (non-hydrogen) atoms. The lowest BCUT2D eigenvalue weighted by atomic mass is 9.68. The van der Waals surface area contributed by atoms with Crippen LogP contribution in [0.1, 0.15) is 42.3 Å². The molecule has 2 fully saturated rings. The number of ether oxygens (including phenoxy) is 2. The van der Waals surface area contributed by atoms with E-state index in [0.717, 1.165) is 60.8 Å². The maximum Gasteiger partial charge on any atom is 0.228 e. The van der Waals surface area contributed by atoms with Crippen molar-refractivity contribution in [3.8, 4) is 11.5 Å². The highest BCUT2D eigenvalue weighted by atomic mass is 32.1. The van der Waals surface area contributed by atoms with Gasteiger partial charge in [0.15, 0.2) is 11.5 Å². The molecule has 1 N–H and O–H groups in total. The summed E-state index contributed by atoms with van der Waals surface area (Å²) >= 11 is 1.66. The Hall–Kier alpha value is -2.12. The SMILES string of the molecule is COc1cccc2c1OCCC21CNCC1C(=O)N1CCCCC1c1nccs1. The van der Waals surface area contributed by atoms with Gasteiger partial charge >= 0.3 is 0 Å². The van der Waals surface area contributed by atoms with Crippen molar-refractivity contribution in [2.24, 2.45) is 5.92 Å². The first-order valence-electron chi connectivity index (χ1n) is 10.5. The van der Waals surface area contributed by atoms with Crippen LogP contribution in [0, 0.1) is 5.92 Å². The van der Waals surface area contributed by atoms with E-state index in [1.807, 2.05) is 23.7 Å². The quantitative estimate of drug-likeness (QED) is 0.838. The summed E-state index contributed by atoms with van der Waals surface area (Å²) in [7, 11) is 1.67. The van der Waals surface area contributed by atoms with Gasteiger partial charge in [0.05, 0.1) is 25.7 Å². The van der Waals surface area contributed by atoms with E-state index in [4.69, 9.17) is 9.47 Å². The number of benzene rings is 1. The predicted octanol–water partition coefficient (Wildman–Crippen LogP) is 3.15. The van der Waals surface area contributed by atoms with Gasteiger partial charge in [-0.25, -0.2) is 4.98 Å². The van der Waals surface area contributed by atoms with Crippen LogP contribution in [0.25, 0.3) is 0 Å². The molecule has 7 heteroatoms. The van der Waals surface area contributed by atoms with Gasteiger partial charge in [-0.05, 0) is 31.7 Å². The van der Waals surface area contributed by atoms with Crippen molar-refractivity contribution in [1.29, 1.82) is 0 Å². The number of aromatic nitrogens is 1. The van der Waals surface area contributed by atoms with Gasteiger partial charge in [-0.3, -0.25) is 4.79 Å². The molecule has 3 atom stereocenters. The van der Waals surface area contributed by atoms with Crippen LogP contribution in [0.4, 0.5) is 0 Å². The van der Waals surface area contributed by atoms with Crippen LogP contribution in [-0.4, -0.2) is 49.1 Å². The number of hydrogen-bond acceptors (Lipinski definition) is 6. The molecule has 154 valence electrons. The van der Waals surface area contributed by atoms with Crippen molar-refractivity contribution in [1.82, 2.24) is 15.2 Å². The van der Waals surface area contributed by atoms with Gasteiger partial charge in [-0.2, -0.15) is 0 Å². The van der Waals surface area contributed by atoms with E-state index >= 15 is 0 Å². The second-order valence-corrected chi connectivity index (χ2v) is 9.11. The number of para-hydroxylation sites is 1. The van der Waals surface area contributed by atoms with Gasteiger partial charge < -0.3 is 19.7 Å². The first kappa shape index (κ1) is 18.9. The van der Waals surface area contributed by atoms with Crippen LogP contribution in [0.5, 0.6) is 11.5 Å². The molecule has 0 saturated carbocycles. The Bertz CT molecular complexity index is 887. The fraction of sp³-hybridized carbons (Fsp3) is 0.545. The molecule has 2 aromatic rings. The first-order valence-corrected chi connectivity index (χ1v) is 11.3. The maximum absolute atomic E-state index is 13.9. The van der Waals surface area contributed by atoms with Crippen molar-refractivity contribution in [2.75, 3.05) is 33.4 Å². The van der Waals surface area contributed by atoms with E-state index in [0.29, 0.717) is 13.2 Å². The summed E-state index contributed by atoms with van der Waals surface area (Å²) in [4.78, 5) is 20.6. The van der Waals surface area contributed by atoms with E-state index < -0.39 is 0 Å². The molecular formula is C22H27N3O3S. The predicted molar refractivity (Wildman–Crippen MR) is 112 cm³/mol. The molecule has 0 aliphatic carbocycles. The molecular weight excluding hydrogens is 386 g/mol. The molecule has 3 aliphatic rings. The average molecular weight is 414 g/mol. The number of nitrogens with zero attached hydrogens (tertiary/aromatic N) is 2. The Balaban J connectivity index is 1.51. The van der Waals surface area contributed by atoms with Crippen LogP contribution in [0.3, 0.4) is 0 Å². The number of carbonyl (C=O) groups excluding carboxylic acids is 1. The lowest BCUT2D eigenvalue weighted by molar-refractivity contribution is -0.141. The van der Waals surface area contributed by atoms with Crippen molar-refractivity contribution in [3.05, 3.63) is 40.3 Å². The van der Waals surface area contributed by atoms with Gasteiger partial charge in [-0.1, -0.05) is 12.1 Å². The highest BCUT2D eigenvalue weighted by molar-refractivity contribution is 7.09. The summed E-state index contributed by atoms with van der Waals surface area (Å²) in [5, 5.41) is 6.59. The summed E-state index contributed by atoms with van der Waals surface area (Å²) < 4.78 is 11.5. The molecule has 6 nitrogen and oxygen atoms in total. The van der Waals surface area contributed by atoms with Gasteiger partial charge in [-0.15, -0.1) is 11.3 Å². The molecule has 5 rings (SSSR count). The maximum atomic E-state index is 13.9. The molecule has 0 bridgehead atoms. The molecule has 1 amide bonds. The van der Waals surface area contributed by atoms with Crippen molar-refractivity contribution < 1.29 is 14.3 Å². The highest BCUT2D eigenvalue weighted by Crippen LogP contribution is 2.50. The number of amides is 1. The Morgan fingerprint density at radius 1 is 1.41 bits per heavy atom. The van der Waals surface area contributed by atoms with E-state index in [1.54, 1.807) is 18.4 Å². The summed E-state index contributed by atoms with van der Waals surface area (Å²) in [6.07, 6.45) is 5.90. The smallest absolute Gasteiger partial charge is 0.228 e. The fourth-order valence-electron chi connectivity index (χ4n) is 5.37. The normalized spacial score (nSPS) is 28.8. The molecule has 3 aliphatic heterocycles. The number of rotatable bonds is 3. The second kappa shape index (κ2) is 7.61. The van der Waals surface area contributed by atoms with Crippen molar-refractivity contribution >= 4 is 17.2 Å². The first-order chi connectivity index (χ1) is 14.2. The number of methoxy groups -OCH3 is 1. The fourth-order valence-corrected chi connectivity index (χ4v) is 6.15. The molecule has 1 aromatic carbocycles. The topological polar surface area (TPSA) is 63.7 Å². The van der Waals surface area contributed by atoms with E-state index in [9.17, 15) is 4.79 Å². The lowest BCUT2D eigenvalue weighted by Gasteiger charge is -2.43. The Labute approximate surface area is 175 Å². The molecule has 4 heterocycles. The number of hydrogen-bond donors (Lipinski definition) is 1.